The molecular weight excluding hydrogens is 272 g/mol. The van der Waals surface area contributed by atoms with Gasteiger partial charge in [0.25, 0.3) is 0 Å². The van der Waals surface area contributed by atoms with E-state index in [4.69, 9.17) is 17.0 Å². The molecule has 2 aromatic rings. The Labute approximate surface area is 123 Å². The van der Waals surface area contributed by atoms with Gasteiger partial charge in [0, 0.05) is 12.3 Å². The lowest BCUT2D eigenvalue weighted by Crippen LogP contribution is -2.19. The molecule has 1 heterocycles. The van der Waals surface area contributed by atoms with Gasteiger partial charge in [-0.05, 0) is 37.7 Å². The molecule has 0 saturated carbocycles. The highest BCUT2D eigenvalue weighted by Gasteiger charge is 2.03. The van der Waals surface area contributed by atoms with Crippen LogP contribution in [0.15, 0.2) is 36.7 Å². The quantitative estimate of drug-likeness (QED) is 0.829. The molecule has 0 aliphatic carbocycles. The molecule has 2 rings (SSSR count). The number of nitrogens with one attached hydrogen (secondary N) is 2. The number of nitrogens with zero attached hydrogens (tertiary/aromatic N) is 2. The maximum absolute atomic E-state index is 5.28. The second kappa shape index (κ2) is 7.02. The van der Waals surface area contributed by atoms with Gasteiger partial charge >= 0.3 is 0 Å². The lowest BCUT2D eigenvalue weighted by molar-refractivity contribution is 0.0792. The number of aryl methyl sites for hydroxylation is 1. The summed E-state index contributed by atoms with van der Waals surface area (Å²) >= 11 is 5.28. The molecule has 0 bridgehead atoms. The molecule has 0 spiro atoms. The summed E-state index contributed by atoms with van der Waals surface area (Å²) < 4.78 is 6.98. The van der Waals surface area contributed by atoms with Gasteiger partial charge in [-0.2, -0.15) is 5.10 Å². The van der Waals surface area contributed by atoms with Crippen molar-refractivity contribution in [2.45, 2.75) is 20.6 Å². The Bertz CT molecular complexity index is 582. The molecule has 0 radical (unpaired) electrons. The summed E-state index contributed by atoms with van der Waals surface area (Å²) in [6.45, 7) is 5.08. The van der Waals surface area contributed by atoms with E-state index in [-0.39, 0.29) is 0 Å². The molecule has 5 nitrogen and oxygen atoms in total. The number of anilines is 2. The van der Waals surface area contributed by atoms with Gasteiger partial charge in [-0.1, -0.05) is 18.2 Å². The Kier molecular flexibility index (Phi) is 5.09. The van der Waals surface area contributed by atoms with Crippen molar-refractivity contribution >= 4 is 28.7 Å². The molecule has 1 aromatic heterocycles. The fraction of sp³-hybridized carbons (Fsp3) is 0.286. The summed E-state index contributed by atoms with van der Waals surface area (Å²) in [5, 5.41) is 11.0. The third-order valence-electron chi connectivity index (χ3n) is 2.71. The fourth-order valence-electron chi connectivity index (χ4n) is 1.68. The van der Waals surface area contributed by atoms with Crippen molar-refractivity contribution < 1.29 is 4.74 Å². The predicted octanol–water partition coefficient (Wildman–Crippen LogP) is 2.99. The first-order chi connectivity index (χ1) is 9.69. The van der Waals surface area contributed by atoms with Crippen LogP contribution in [-0.2, 0) is 11.5 Å². The monoisotopic (exact) mass is 290 g/mol. The lowest BCUT2D eigenvalue weighted by Gasteiger charge is -2.10. The van der Waals surface area contributed by atoms with E-state index >= 15 is 0 Å². The van der Waals surface area contributed by atoms with Gasteiger partial charge in [0.2, 0.25) is 0 Å². The van der Waals surface area contributed by atoms with Gasteiger partial charge in [-0.3, -0.25) is 0 Å². The standard InChI is InChI=1S/C14H18N4OS/c1-3-19-10-18-9-12(8-15-18)16-14(20)17-13-7-5-4-6-11(13)2/h4-9H,3,10H2,1-2H3,(H2,16,17,20). The van der Waals surface area contributed by atoms with Crippen molar-refractivity contribution in [2.75, 3.05) is 17.2 Å². The van der Waals surface area contributed by atoms with Crippen LogP contribution in [0.4, 0.5) is 11.4 Å². The van der Waals surface area contributed by atoms with Crippen molar-refractivity contribution in [1.82, 2.24) is 9.78 Å². The van der Waals surface area contributed by atoms with Crippen LogP contribution in [0, 0.1) is 6.92 Å². The minimum Gasteiger partial charge on any atom is -0.360 e. The summed E-state index contributed by atoms with van der Waals surface area (Å²) in [5.74, 6) is 0. The van der Waals surface area contributed by atoms with Gasteiger partial charge in [-0.25, -0.2) is 4.68 Å². The first kappa shape index (κ1) is 14.5. The van der Waals surface area contributed by atoms with E-state index in [0.29, 0.717) is 18.5 Å². The van der Waals surface area contributed by atoms with E-state index in [1.807, 2.05) is 44.3 Å². The average molecular weight is 290 g/mol. The second-order valence-electron chi connectivity index (χ2n) is 4.28. The topological polar surface area (TPSA) is 51.1 Å². The van der Waals surface area contributed by atoms with Gasteiger partial charge in [0.1, 0.15) is 6.73 Å². The minimum atomic E-state index is 0.441. The summed E-state index contributed by atoms with van der Waals surface area (Å²) in [6.07, 6.45) is 3.56. The van der Waals surface area contributed by atoms with Crippen LogP contribution < -0.4 is 10.6 Å². The zero-order valence-electron chi connectivity index (χ0n) is 11.6. The van der Waals surface area contributed by atoms with E-state index in [1.165, 1.54) is 0 Å². The molecule has 0 saturated heterocycles. The van der Waals surface area contributed by atoms with Gasteiger partial charge in [-0.15, -0.1) is 0 Å². The van der Waals surface area contributed by atoms with Crippen molar-refractivity contribution in [2.24, 2.45) is 0 Å². The number of rotatable bonds is 5. The highest BCUT2D eigenvalue weighted by atomic mass is 32.1. The molecule has 0 aliphatic rings. The van der Waals surface area contributed by atoms with E-state index in [9.17, 15) is 0 Å². The Balaban J connectivity index is 1.91. The highest BCUT2D eigenvalue weighted by Crippen LogP contribution is 2.14. The van der Waals surface area contributed by atoms with Crippen LogP contribution in [0.25, 0.3) is 0 Å². The zero-order chi connectivity index (χ0) is 14.4. The number of aromatic nitrogens is 2. The zero-order valence-corrected chi connectivity index (χ0v) is 12.4. The van der Waals surface area contributed by atoms with E-state index in [1.54, 1.807) is 10.9 Å². The Morgan fingerprint density at radius 3 is 2.90 bits per heavy atom. The molecule has 0 atom stereocenters. The smallest absolute Gasteiger partial charge is 0.175 e. The molecule has 6 heteroatoms. The summed E-state index contributed by atoms with van der Waals surface area (Å²) in [6, 6.07) is 7.99. The minimum absolute atomic E-state index is 0.441. The summed E-state index contributed by atoms with van der Waals surface area (Å²) in [4.78, 5) is 0. The number of thiocarbonyl (C=S) groups is 1. The van der Waals surface area contributed by atoms with Crippen molar-refractivity contribution in [3.05, 3.63) is 42.2 Å². The van der Waals surface area contributed by atoms with Crippen LogP contribution in [0.3, 0.4) is 0 Å². The molecule has 0 amide bonds. The van der Waals surface area contributed by atoms with E-state index in [2.05, 4.69) is 15.7 Å². The Hall–Kier alpha value is -1.92. The van der Waals surface area contributed by atoms with Crippen LogP contribution in [-0.4, -0.2) is 21.5 Å². The molecule has 0 fully saturated rings. The molecule has 20 heavy (non-hydrogen) atoms. The third kappa shape index (κ3) is 4.04. The van der Waals surface area contributed by atoms with Crippen LogP contribution in [0.2, 0.25) is 0 Å². The predicted molar refractivity (Wildman–Crippen MR) is 84.9 cm³/mol. The van der Waals surface area contributed by atoms with E-state index in [0.717, 1.165) is 16.9 Å². The number of hydrogen-bond donors (Lipinski definition) is 2. The van der Waals surface area contributed by atoms with Crippen molar-refractivity contribution in [3.8, 4) is 0 Å². The lowest BCUT2D eigenvalue weighted by atomic mass is 10.2. The molecule has 106 valence electrons. The Morgan fingerprint density at radius 1 is 1.35 bits per heavy atom. The number of para-hydroxylation sites is 1. The van der Waals surface area contributed by atoms with E-state index < -0.39 is 0 Å². The largest absolute Gasteiger partial charge is 0.360 e. The number of ether oxygens (including phenoxy) is 1. The maximum atomic E-state index is 5.28. The second-order valence-corrected chi connectivity index (χ2v) is 4.69. The molecule has 0 unspecified atom stereocenters. The van der Waals surface area contributed by atoms with Crippen molar-refractivity contribution in [1.29, 1.82) is 0 Å². The average Bonchev–Trinajstić information content (AvgIpc) is 2.86. The SMILES string of the molecule is CCOCn1cc(NC(=S)Nc2ccccc2C)cn1. The highest BCUT2D eigenvalue weighted by molar-refractivity contribution is 7.80. The molecule has 0 aliphatic heterocycles. The summed E-state index contributed by atoms with van der Waals surface area (Å²) in [5.41, 5.74) is 2.96. The van der Waals surface area contributed by atoms with Gasteiger partial charge in [0.05, 0.1) is 18.1 Å². The summed E-state index contributed by atoms with van der Waals surface area (Å²) in [7, 11) is 0. The number of benzene rings is 1. The van der Waals surface area contributed by atoms with Crippen LogP contribution >= 0.6 is 12.2 Å². The normalized spacial score (nSPS) is 10.3. The van der Waals surface area contributed by atoms with Crippen LogP contribution in [0.1, 0.15) is 12.5 Å². The molecule has 2 N–H and O–H groups in total. The first-order valence-corrected chi connectivity index (χ1v) is 6.83. The van der Waals surface area contributed by atoms with Crippen molar-refractivity contribution in [3.63, 3.8) is 0 Å². The first-order valence-electron chi connectivity index (χ1n) is 6.43. The maximum Gasteiger partial charge on any atom is 0.175 e. The van der Waals surface area contributed by atoms with Gasteiger partial charge in [0.15, 0.2) is 5.11 Å². The third-order valence-corrected chi connectivity index (χ3v) is 2.92. The molecular formula is C14H18N4OS. The fourth-order valence-corrected chi connectivity index (χ4v) is 1.91. The number of hydrogen-bond acceptors (Lipinski definition) is 3. The van der Waals surface area contributed by atoms with Crippen LogP contribution in [0.5, 0.6) is 0 Å². The Morgan fingerprint density at radius 2 is 2.15 bits per heavy atom. The van der Waals surface area contributed by atoms with Gasteiger partial charge < -0.3 is 15.4 Å². The molecule has 1 aromatic carbocycles.